The maximum atomic E-state index is 14.7. The van der Waals surface area contributed by atoms with Crippen molar-refractivity contribution in [2.24, 2.45) is 0 Å². The number of aromatic nitrogens is 2. The maximum absolute atomic E-state index is 14.7. The molecule has 9 heteroatoms. The van der Waals surface area contributed by atoms with Crippen LogP contribution in [0.2, 0.25) is 0 Å². The Kier molecular flexibility index (Phi) is 6.50. The first-order valence-corrected chi connectivity index (χ1v) is 11.9. The summed E-state index contributed by atoms with van der Waals surface area (Å²) in [4.78, 5) is 25.6. The molecule has 166 valence electrons. The number of amides is 1. The Morgan fingerprint density at radius 1 is 1.26 bits per heavy atom. The zero-order chi connectivity index (χ0) is 22.0. The zero-order valence-electron chi connectivity index (χ0n) is 18.1. The molecule has 2 aliphatic heterocycles. The number of hydrogen-bond acceptors (Lipinski definition) is 7. The Labute approximate surface area is 186 Å². The Balaban J connectivity index is 1.44. The fourth-order valence-electron chi connectivity index (χ4n) is 4.06. The van der Waals surface area contributed by atoms with Crippen LogP contribution in [0.15, 0.2) is 29.4 Å². The fourth-order valence-corrected chi connectivity index (χ4v) is 4.49. The van der Waals surface area contributed by atoms with Gasteiger partial charge in [-0.15, -0.1) is 11.8 Å². The normalized spacial score (nSPS) is 16.5. The number of halogens is 1. The molecule has 0 aliphatic carbocycles. The number of carbonyl (C=O) groups excluding carboxylic acids is 1. The van der Waals surface area contributed by atoms with Crippen LogP contribution < -0.4 is 10.2 Å². The molecule has 0 saturated carbocycles. The van der Waals surface area contributed by atoms with Crippen molar-refractivity contribution in [3.8, 4) is 0 Å². The van der Waals surface area contributed by atoms with Gasteiger partial charge in [-0.25, -0.2) is 19.2 Å². The number of thioether (sulfide) groups is 1. The number of piperidine rings is 1. The molecule has 2 aliphatic rings. The number of likely N-dealkylation sites (tertiary alicyclic amines) is 1. The van der Waals surface area contributed by atoms with E-state index in [0.717, 1.165) is 41.4 Å². The highest BCUT2D eigenvalue weighted by atomic mass is 32.2. The van der Waals surface area contributed by atoms with E-state index >= 15 is 0 Å². The van der Waals surface area contributed by atoms with E-state index in [4.69, 9.17) is 4.74 Å². The number of benzene rings is 1. The molecule has 1 aromatic carbocycles. The molecule has 0 bridgehead atoms. The van der Waals surface area contributed by atoms with Gasteiger partial charge in [-0.1, -0.05) is 0 Å². The fraction of sp³-hybridized carbons (Fsp3) is 0.500. The van der Waals surface area contributed by atoms with Crippen LogP contribution in [0.4, 0.5) is 26.5 Å². The van der Waals surface area contributed by atoms with Crippen molar-refractivity contribution in [1.82, 2.24) is 14.9 Å². The van der Waals surface area contributed by atoms with Crippen molar-refractivity contribution in [3.05, 3.63) is 35.9 Å². The standard InChI is InChI=1S/C22H28FN5O2S/c1-14(2)30-22(29)27-9-6-15(7-10-27)26-20-17-8-11-28(21(17)25-13-24-20)19-5-4-16(31-3)12-18(19)23/h4-5,12-15H,6-11H2,1-3H3,(H,24,25,26). The molecule has 1 aromatic heterocycles. The molecule has 4 rings (SSSR count). The molecular weight excluding hydrogens is 417 g/mol. The van der Waals surface area contributed by atoms with Crippen molar-refractivity contribution in [2.45, 2.75) is 50.2 Å². The molecule has 0 spiro atoms. The summed E-state index contributed by atoms with van der Waals surface area (Å²) in [6, 6.07) is 5.53. The second-order valence-corrected chi connectivity index (χ2v) is 8.96. The third kappa shape index (κ3) is 4.71. The molecular formula is C22H28FN5O2S. The topological polar surface area (TPSA) is 70.6 Å². The van der Waals surface area contributed by atoms with E-state index in [1.54, 1.807) is 11.0 Å². The zero-order valence-corrected chi connectivity index (χ0v) is 18.9. The van der Waals surface area contributed by atoms with Crippen molar-refractivity contribution < 1.29 is 13.9 Å². The number of hydrogen-bond donors (Lipinski definition) is 1. The smallest absolute Gasteiger partial charge is 0.410 e. The van der Waals surface area contributed by atoms with Crippen LogP contribution in [-0.2, 0) is 11.2 Å². The summed E-state index contributed by atoms with van der Waals surface area (Å²) in [5.74, 6) is 1.32. The summed E-state index contributed by atoms with van der Waals surface area (Å²) in [6.45, 7) is 5.67. The predicted molar refractivity (Wildman–Crippen MR) is 121 cm³/mol. The Hall–Kier alpha value is -2.55. The first kappa shape index (κ1) is 21.7. The van der Waals surface area contributed by atoms with Crippen LogP contribution >= 0.6 is 11.8 Å². The lowest BCUT2D eigenvalue weighted by Gasteiger charge is -2.32. The van der Waals surface area contributed by atoms with Gasteiger partial charge in [-0.05, 0) is 57.6 Å². The molecule has 0 unspecified atom stereocenters. The van der Waals surface area contributed by atoms with Crippen LogP contribution in [0.25, 0.3) is 0 Å². The molecule has 1 N–H and O–H groups in total. The van der Waals surface area contributed by atoms with E-state index in [9.17, 15) is 9.18 Å². The van der Waals surface area contributed by atoms with E-state index in [0.29, 0.717) is 25.3 Å². The van der Waals surface area contributed by atoms with Gasteiger partial charge in [0.1, 0.15) is 23.8 Å². The number of nitrogens with zero attached hydrogens (tertiary/aromatic N) is 4. The maximum Gasteiger partial charge on any atom is 0.410 e. The molecule has 0 radical (unpaired) electrons. The average molecular weight is 446 g/mol. The van der Waals surface area contributed by atoms with Gasteiger partial charge in [0, 0.05) is 36.1 Å². The van der Waals surface area contributed by atoms with Gasteiger partial charge in [-0.2, -0.15) is 0 Å². The average Bonchev–Trinajstić information content (AvgIpc) is 3.18. The Morgan fingerprint density at radius 2 is 2.03 bits per heavy atom. The SMILES string of the molecule is CSc1ccc(N2CCc3c(NC4CCN(C(=O)OC(C)C)CC4)ncnc32)c(F)c1. The number of rotatable bonds is 5. The van der Waals surface area contributed by atoms with Crippen molar-refractivity contribution >= 4 is 35.2 Å². The third-order valence-electron chi connectivity index (χ3n) is 5.64. The number of carbonyl (C=O) groups is 1. The molecule has 1 amide bonds. The lowest BCUT2D eigenvalue weighted by Crippen LogP contribution is -2.43. The van der Waals surface area contributed by atoms with Crippen molar-refractivity contribution in [2.75, 3.05) is 36.1 Å². The number of anilines is 3. The Bertz CT molecular complexity index is 949. The van der Waals surface area contributed by atoms with Crippen LogP contribution in [0, 0.1) is 5.82 Å². The second kappa shape index (κ2) is 9.30. The van der Waals surface area contributed by atoms with Gasteiger partial charge >= 0.3 is 6.09 Å². The monoisotopic (exact) mass is 445 g/mol. The minimum atomic E-state index is -0.249. The molecule has 1 fully saturated rings. The number of nitrogens with one attached hydrogen (secondary N) is 1. The van der Waals surface area contributed by atoms with Gasteiger partial charge in [0.05, 0.1) is 11.8 Å². The van der Waals surface area contributed by atoms with E-state index in [2.05, 4.69) is 15.3 Å². The molecule has 1 saturated heterocycles. The summed E-state index contributed by atoms with van der Waals surface area (Å²) < 4.78 is 20.0. The minimum Gasteiger partial charge on any atom is -0.447 e. The lowest BCUT2D eigenvalue weighted by atomic mass is 10.1. The van der Waals surface area contributed by atoms with E-state index < -0.39 is 0 Å². The lowest BCUT2D eigenvalue weighted by molar-refractivity contribution is 0.0701. The van der Waals surface area contributed by atoms with Crippen LogP contribution in [0.3, 0.4) is 0 Å². The molecule has 2 aromatic rings. The quantitative estimate of drug-likeness (QED) is 0.682. The number of fused-ring (bicyclic) bond motifs is 1. The van der Waals surface area contributed by atoms with Gasteiger partial charge in [0.25, 0.3) is 0 Å². The highest BCUT2D eigenvalue weighted by Gasteiger charge is 2.29. The van der Waals surface area contributed by atoms with Crippen LogP contribution in [0.1, 0.15) is 32.3 Å². The van der Waals surface area contributed by atoms with Gasteiger partial charge in [0.15, 0.2) is 0 Å². The van der Waals surface area contributed by atoms with E-state index in [1.165, 1.54) is 18.1 Å². The van der Waals surface area contributed by atoms with E-state index in [1.807, 2.05) is 37.1 Å². The van der Waals surface area contributed by atoms with Crippen molar-refractivity contribution in [3.63, 3.8) is 0 Å². The highest BCUT2D eigenvalue weighted by molar-refractivity contribution is 7.98. The second-order valence-electron chi connectivity index (χ2n) is 8.08. The summed E-state index contributed by atoms with van der Waals surface area (Å²) in [7, 11) is 0. The molecule has 7 nitrogen and oxygen atoms in total. The summed E-state index contributed by atoms with van der Waals surface area (Å²) in [5.41, 5.74) is 1.55. The van der Waals surface area contributed by atoms with Gasteiger partial charge in [0.2, 0.25) is 0 Å². The summed E-state index contributed by atoms with van der Waals surface area (Å²) >= 11 is 1.52. The predicted octanol–water partition coefficient (Wildman–Crippen LogP) is 4.45. The van der Waals surface area contributed by atoms with Gasteiger partial charge in [-0.3, -0.25) is 0 Å². The molecule has 31 heavy (non-hydrogen) atoms. The van der Waals surface area contributed by atoms with Crippen LogP contribution in [-0.4, -0.2) is 59.0 Å². The van der Waals surface area contributed by atoms with Gasteiger partial charge < -0.3 is 19.9 Å². The Morgan fingerprint density at radius 3 is 2.71 bits per heavy atom. The minimum absolute atomic E-state index is 0.114. The van der Waals surface area contributed by atoms with E-state index in [-0.39, 0.29) is 24.1 Å². The molecule has 3 heterocycles. The largest absolute Gasteiger partial charge is 0.447 e. The first-order chi connectivity index (χ1) is 15.0. The summed E-state index contributed by atoms with van der Waals surface area (Å²) in [5, 5.41) is 3.53. The summed E-state index contributed by atoms with van der Waals surface area (Å²) in [6.07, 6.45) is 5.49. The first-order valence-electron chi connectivity index (χ1n) is 10.6. The third-order valence-corrected chi connectivity index (χ3v) is 6.37. The van der Waals surface area contributed by atoms with Crippen molar-refractivity contribution in [1.29, 1.82) is 0 Å². The highest BCUT2D eigenvalue weighted by Crippen LogP contribution is 2.38. The van der Waals surface area contributed by atoms with Crippen LogP contribution in [0.5, 0.6) is 0 Å². The number of ether oxygens (including phenoxy) is 1. The molecule has 0 atom stereocenters.